The zero-order chi connectivity index (χ0) is 11.4. The number of aliphatic hydroxyl groups is 1. The fraction of sp³-hybridized carbons (Fsp3) is 0.231. The van der Waals surface area contributed by atoms with Crippen LogP contribution in [0.2, 0.25) is 0 Å². The lowest BCUT2D eigenvalue weighted by Crippen LogP contribution is -1.99. The zero-order valence-corrected chi connectivity index (χ0v) is 9.91. The van der Waals surface area contributed by atoms with E-state index < -0.39 is 6.10 Å². The van der Waals surface area contributed by atoms with Crippen molar-refractivity contribution >= 4 is 11.3 Å². The van der Waals surface area contributed by atoms with Crippen LogP contribution in [-0.4, -0.2) is 12.2 Å². The summed E-state index contributed by atoms with van der Waals surface area (Å²) in [5, 5.41) is 11.9. The van der Waals surface area contributed by atoms with Crippen molar-refractivity contribution in [1.29, 1.82) is 0 Å². The predicted octanol–water partition coefficient (Wildman–Crippen LogP) is 3.03. The highest BCUT2D eigenvalue weighted by atomic mass is 32.1. The van der Waals surface area contributed by atoms with Crippen molar-refractivity contribution < 1.29 is 9.84 Å². The monoisotopic (exact) mass is 234 g/mol. The van der Waals surface area contributed by atoms with Crippen LogP contribution in [0.4, 0.5) is 0 Å². The van der Waals surface area contributed by atoms with Crippen LogP contribution < -0.4 is 4.74 Å². The highest BCUT2D eigenvalue weighted by molar-refractivity contribution is 7.10. The molecule has 2 nitrogen and oxygen atoms in total. The SMILES string of the molecule is COc1csc(C(O)Cc2ccccc2)c1. The quantitative estimate of drug-likeness (QED) is 0.881. The van der Waals surface area contributed by atoms with Crippen molar-refractivity contribution in [3.05, 3.63) is 52.2 Å². The first kappa shape index (κ1) is 11.2. The van der Waals surface area contributed by atoms with Gasteiger partial charge in [-0.1, -0.05) is 30.3 Å². The summed E-state index contributed by atoms with van der Waals surface area (Å²) >= 11 is 1.53. The normalized spacial score (nSPS) is 12.4. The number of hydrogen-bond acceptors (Lipinski definition) is 3. The molecule has 0 spiro atoms. The van der Waals surface area contributed by atoms with Gasteiger partial charge in [0.25, 0.3) is 0 Å². The van der Waals surface area contributed by atoms with E-state index in [1.54, 1.807) is 7.11 Å². The molecule has 0 fully saturated rings. The van der Waals surface area contributed by atoms with Gasteiger partial charge in [-0.05, 0) is 11.6 Å². The van der Waals surface area contributed by atoms with Crippen LogP contribution in [0.15, 0.2) is 41.8 Å². The predicted molar refractivity (Wildman–Crippen MR) is 66.0 cm³/mol. The van der Waals surface area contributed by atoms with Gasteiger partial charge in [0.15, 0.2) is 0 Å². The van der Waals surface area contributed by atoms with E-state index in [9.17, 15) is 5.11 Å². The smallest absolute Gasteiger partial charge is 0.129 e. The standard InChI is InChI=1S/C13H14O2S/c1-15-11-8-13(16-9-11)12(14)7-10-5-3-2-4-6-10/h2-6,8-9,12,14H,7H2,1H3. The number of methoxy groups -OCH3 is 1. The molecule has 84 valence electrons. The van der Waals surface area contributed by atoms with Crippen molar-refractivity contribution in [2.75, 3.05) is 7.11 Å². The first-order valence-electron chi connectivity index (χ1n) is 5.14. The Balaban J connectivity index is 2.05. The number of ether oxygens (including phenoxy) is 1. The van der Waals surface area contributed by atoms with Gasteiger partial charge in [-0.25, -0.2) is 0 Å². The summed E-state index contributed by atoms with van der Waals surface area (Å²) in [7, 11) is 1.63. The molecule has 0 bridgehead atoms. The lowest BCUT2D eigenvalue weighted by atomic mass is 10.1. The third-order valence-corrected chi connectivity index (χ3v) is 3.44. The molecule has 1 aromatic carbocycles. The number of aliphatic hydroxyl groups excluding tert-OH is 1. The van der Waals surface area contributed by atoms with Gasteiger partial charge < -0.3 is 9.84 Å². The second-order valence-electron chi connectivity index (χ2n) is 3.59. The van der Waals surface area contributed by atoms with Crippen LogP contribution in [0, 0.1) is 0 Å². The molecule has 0 radical (unpaired) electrons. The van der Waals surface area contributed by atoms with Gasteiger partial charge in [0, 0.05) is 16.7 Å². The fourth-order valence-electron chi connectivity index (χ4n) is 1.55. The van der Waals surface area contributed by atoms with Crippen LogP contribution in [0.1, 0.15) is 16.5 Å². The molecule has 1 N–H and O–H groups in total. The summed E-state index contributed by atoms with van der Waals surface area (Å²) in [6.07, 6.45) is 0.195. The first-order chi connectivity index (χ1) is 7.79. The second kappa shape index (κ2) is 5.14. The highest BCUT2D eigenvalue weighted by Gasteiger charge is 2.11. The van der Waals surface area contributed by atoms with E-state index in [0.29, 0.717) is 6.42 Å². The van der Waals surface area contributed by atoms with Crippen LogP contribution in [0.3, 0.4) is 0 Å². The Morgan fingerprint density at radius 3 is 2.69 bits per heavy atom. The molecule has 16 heavy (non-hydrogen) atoms. The van der Waals surface area contributed by atoms with Gasteiger partial charge in [-0.15, -0.1) is 11.3 Å². The van der Waals surface area contributed by atoms with Gasteiger partial charge in [0.1, 0.15) is 5.75 Å². The largest absolute Gasteiger partial charge is 0.496 e. The van der Waals surface area contributed by atoms with Crippen molar-refractivity contribution in [2.24, 2.45) is 0 Å². The molecule has 0 saturated carbocycles. The molecule has 1 unspecified atom stereocenters. The number of hydrogen-bond donors (Lipinski definition) is 1. The summed E-state index contributed by atoms with van der Waals surface area (Å²) in [4.78, 5) is 0.945. The Labute approximate surface area is 99.1 Å². The van der Waals surface area contributed by atoms with E-state index in [1.165, 1.54) is 11.3 Å². The minimum absolute atomic E-state index is 0.448. The van der Waals surface area contributed by atoms with Crippen LogP contribution in [0.25, 0.3) is 0 Å². The van der Waals surface area contributed by atoms with Crippen molar-refractivity contribution in [2.45, 2.75) is 12.5 Å². The lowest BCUT2D eigenvalue weighted by Gasteiger charge is -2.07. The van der Waals surface area contributed by atoms with E-state index in [0.717, 1.165) is 16.2 Å². The topological polar surface area (TPSA) is 29.5 Å². The van der Waals surface area contributed by atoms with Gasteiger partial charge in [-0.2, -0.15) is 0 Å². The zero-order valence-electron chi connectivity index (χ0n) is 9.09. The minimum Gasteiger partial charge on any atom is -0.496 e. The van der Waals surface area contributed by atoms with E-state index in [2.05, 4.69) is 0 Å². The molecule has 0 aliphatic heterocycles. The maximum Gasteiger partial charge on any atom is 0.129 e. The summed E-state index contributed by atoms with van der Waals surface area (Å²) in [5.41, 5.74) is 1.14. The molecule has 0 amide bonds. The Kier molecular flexibility index (Phi) is 3.59. The summed E-state index contributed by atoms with van der Waals surface area (Å²) in [6.45, 7) is 0. The number of rotatable bonds is 4. The molecule has 2 aromatic rings. The average Bonchev–Trinajstić information content (AvgIpc) is 2.79. The van der Waals surface area contributed by atoms with E-state index in [4.69, 9.17) is 4.74 Å². The number of thiophene rings is 1. The van der Waals surface area contributed by atoms with E-state index >= 15 is 0 Å². The summed E-state index contributed by atoms with van der Waals surface area (Å²) < 4.78 is 5.09. The van der Waals surface area contributed by atoms with E-state index in [-0.39, 0.29) is 0 Å². The van der Waals surface area contributed by atoms with Gasteiger partial charge in [0.05, 0.1) is 13.2 Å². The maximum atomic E-state index is 10.0. The van der Waals surface area contributed by atoms with Crippen molar-refractivity contribution in [3.63, 3.8) is 0 Å². The molecule has 0 aliphatic rings. The maximum absolute atomic E-state index is 10.0. The minimum atomic E-state index is -0.448. The van der Waals surface area contributed by atoms with Gasteiger partial charge >= 0.3 is 0 Å². The third-order valence-electron chi connectivity index (χ3n) is 2.43. The Bertz CT molecular complexity index is 436. The van der Waals surface area contributed by atoms with Gasteiger partial charge in [0.2, 0.25) is 0 Å². The molecule has 1 heterocycles. The van der Waals surface area contributed by atoms with Crippen LogP contribution in [0.5, 0.6) is 5.75 Å². The molecule has 2 rings (SSSR count). The lowest BCUT2D eigenvalue weighted by molar-refractivity contribution is 0.182. The fourth-order valence-corrected chi connectivity index (χ4v) is 2.40. The van der Waals surface area contributed by atoms with Crippen LogP contribution >= 0.6 is 11.3 Å². The first-order valence-corrected chi connectivity index (χ1v) is 6.02. The number of benzene rings is 1. The Morgan fingerprint density at radius 2 is 2.06 bits per heavy atom. The third kappa shape index (κ3) is 2.62. The van der Waals surface area contributed by atoms with Crippen LogP contribution in [-0.2, 0) is 6.42 Å². The van der Waals surface area contributed by atoms with Crippen molar-refractivity contribution in [1.82, 2.24) is 0 Å². The summed E-state index contributed by atoms with van der Waals surface area (Å²) in [5.74, 6) is 0.812. The summed E-state index contributed by atoms with van der Waals surface area (Å²) in [6, 6.07) is 11.9. The van der Waals surface area contributed by atoms with Crippen molar-refractivity contribution in [3.8, 4) is 5.75 Å². The molecule has 1 aromatic heterocycles. The molecule has 0 aliphatic carbocycles. The van der Waals surface area contributed by atoms with Gasteiger partial charge in [-0.3, -0.25) is 0 Å². The highest BCUT2D eigenvalue weighted by Crippen LogP contribution is 2.28. The molecule has 3 heteroatoms. The Hall–Kier alpha value is -1.32. The average molecular weight is 234 g/mol. The molecular weight excluding hydrogens is 220 g/mol. The molecule has 0 saturated heterocycles. The molecule has 1 atom stereocenters. The molecular formula is C13H14O2S. The Morgan fingerprint density at radius 1 is 1.31 bits per heavy atom. The van der Waals surface area contributed by atoms with E-state index in [1.807, 2.05) is 41.8 Å². The second-order valence-corrected chi connectivity index (χ2v) is 4.54.